The summed E-state index contributed by atoms with van der Waals surface area (Å²) in [5.74, 6) is 2.79. The number of H-pyrrole nitrogens is 1. The molecule has 1 N–H and O–H groups in total. The van der Waals surface area contributed by atoms with Gasteiger partial charge in [-0.05, 0) is 37.2 Å². The molecular formula is C14H16N4O2S. The highest BCUT2D eigenvalue weighted by atomic mass is 32.1. The molecular weight excluding hydrogens is 288 g/mol. The van der Waals surface area contributed by atoms with Gasteiger partial charge in [-0.15, -0.1) is 0 Å². The van der Waals surface area contributed by atoms with E-state index in [1.807, 2.05) is 18.2 Å². The molecule has 1 aromatic carbocycles. The first-order valence-corrected chi connectivity index (χ1v) is 7.07. The Bertz CT molecular complexity index is 731. The molecule has 6 nitrogen and oxygen atoms in total. The molecule has 0 saturated heterocycles. The van der Waals surface area contributed by atoms with Crippen molar-refractivity contribution in [2.45, 2.75) is 18.8 Å². The topological polar surface area (TPSA) is 64.4 Å². The van der Waals surface area contributed by atoms with E-state index >= 15 is 0 Å². The highest BCUT2D eigenvalue weighted by molar-refractivity contribution is 7.71. The summed E-state index contributed by atoms with van der Waals surface area (Å²) in [6.45, 7) is 0. The van der Waals surface area contributed by atoms with Gasteiger partial charge in [0.2, 0.25) is 4.77 Å². The summed E-state index contributed by atoms with van der Waals surface area (Å²) < 4.78 is 12.7. The van der Waals surface area contributed by atoms with Gasteiger partial charge >= 0.3 is 0 Å². The maximum absolute atomic E-state index is 5.35. The lowest BCUT2D eigenvalue weighted by atomic mass is 10.2. The maximum Gasteiger partial charge on any atom is 0.216 e. The van der Waals surface area contributed by atoms with Gasteiger partial charge in [0.1, 0.15) is 11.5 Å². The second-order valence-electron chi connectivity index (χ2n) is 4.83. The van der Waals surface area contributed by atoms with E-state index in [4.69, 9.17) is 21.7 Å². The van der Waals surface area contributed by atoms with Crippen LogP contribution in [0.3, 0.4) is 0 Å². The second-order valence-corrected chi connectivity index (χ2v) is 5.21. The van der Waals surface area contributed by atoms with Crippen LogP contribution in [-0.4, -0.2) is 35.3 Å². The van der Waals surface area contributed by atoms with Crippen LogP contribution in [0.1, 0.15) is 30.1 Å². The SMILES string of the molecule is COc1ccc(/C=N\n2c(C3CC3)n[nH]c2=S)c(OC)c1. The van der Waals surface area contributed by atoms with Crippen LogP contribution in [0.4, 0.5) is 0 Å². The summed E-state index contributed by atoms with van der Waals surface area (Å²) >= 11 is 5.22. The van der Waals surface area contributed by atoms with E-state index in [1.54, 1.807) is 25.1 Å². The monoisotopic (exact) mass is 304 g/mol. The molecule has 0 radical (unpaired) electrons. The summed E-state index contributed by atoms with van der Waals surface area (Å²) in [5, 5.41) is 11.5. The third kappa shape index (κ3) is 2.82. The van der Waals surface area contributed by atoms with E-state index in [-0.39, 0.29) is 0 Å². The van der Waals surface area contributed by atoms with Crippen LogP contribution in [0.5, 0.6) is 11.5 Å². The minimum absolute atomic E-state index is 0.466. The smallest absolute Gasteiger partial charge is 0.216 e. The number of benzene rings is 1. The summed E-state index contributed by atoms with van der Waals surface area (Å²) in [4.78, 5) is 0. The molecule has 21 heavy (non-hydrogen) atoms. The Balaban J connectivity index is 1.93. The van der Waals surface area contributed by atoms with Crippen LogP contribution < -0.4 is 9.47 Å². The Hall–Kier alpha value is -2.15. The van der Waals surface area contributed by atoms with Gasteiger partial charge < -0.3 is 9.47 Å². The Morgan fingerprint density at radius 1 is 1.38 bits per heavy atom. The molecule has 0 bridgehead atoms. The van der Waals surface area contributed by atoms with Gasteiger partial charge in [-0.1, -0.05) is 0 Å². The number of ether oxygens (including phenoxy) is 2. The zero-order valence-corrected chi connectivity index (χ0v) is 12.7. The number of hydrogen-bond donors (Lipinski definition) is 1. The average molecular weight is 304 g/mol. The zero-order valence-electron chi connectivity index (χ0n) is 11.9. The fourth-order valence-electron chi connectivity index (χ4n) is 2.07. The van der Waals surface area contributed by atoms with E-state index in [1.165, 1.54) is 0 Å². The van der Waals surface area contributed by atoms with Gasteiger partial charge in [-0.2, -0.15) is 14.9 Å². The van der Waals surface area contributed by atoms with Gasteiger partial charge in [-0.3, -0.25) is 5.10 Å². The van der Waals surface area contributed by atoms with E-state index in [0.29, 0.717) is 16.4 Å². The van der Waals surface area contributed by atoms with E-state index < -0.39 is 0 Å². The number of methoxy groups -OCH3 is 2. The predicted molar refractivity (Wildman–Crippen MR) is 81.9 cm³/mol. The fraction of sp³-hybridized carbons (Fsp3) is 0.357. The van der Waals surface area contributed by atoms with Crippen molar-refractivity contribution in [3.63, 3.8) is 0 Å². The Labute approximate surface area is 127 Å². The first-order chi connectivity index (χ1) is 10.2. The number of rotatable bonds is 5. The van der Waals surface area contributed by atoms with Crippen LogP contribution >= 0.6 is 12.2 Å². The Morgan fingerprint density at radius 2 is 2.19 bits per heavy atom. The van der Waals surface area contributed by atoms with Crippen LogP contribution in [0.2, 0.25) is 0 Å². The summed E-state index contributed by atoms with van der Waals surface area (Å²) in [7, 11) is 3.24. The fourth-order valence-corrected chi connectivity index (χ4v) is 2.25. The molecule has 1 aliphatic rings. The minimum atomic E-state index is 0.466. The standard InChI is InChI=1S/C14H16N4O2S/c1-19-11-6-5-10(12(7-11)20-2)8-15-18-13(9-3-4-9)16-17-14(18)21/h5-9H,3-4H2,1-2H3,(H,17,21)/b15-8-. The van der Waals surface area contributed by atoms with E-state index in [9.17, 15) is 0 Å². The molecule has 0 unspecified atom stereocenters. The van der Waals surface area contributed by atoms with Crippen LogP contribution in [0.25, 0.3) is 0 Å². The van der Waals surface area contributed by atoms with Crippen molar-refractivity contribution in [1.82, 2.24) is 14.9 Å². The van der Waals surface area contributed by atoms with Crippen molar-refractivity contribution in [1.29, 1.82) is 0 Å². The molecule has 2 aromatic rings. The third-order valence-corrected chi connectivity index (χ3v) is 3.64. The first-order valence-electron chi connectivity index (χ1n) is 6.66. The Kier molecular flexibility index (Phi) is 3.74. The normalized spacial score (nSPS) is 14.6. The molecule has 0 aliphatic heterocycles. The quantitative estimate of drug-likeness (QED) is 0.681. The first kappa shape index (κ1) is 13.8. The van der Waals surface area contributed by atoms with Crippen LogP contribution in [0.15, 0.2) is 23.3 Å². The summed E-state index contributed by atoms with van der Waals surface area (Å²) in [6, 6.07) is 5.57. The molecule has 0 amide bonds. The second kappa shape index (κ2) is 5.69. The zero-order chi connectivity index (χ0) is 14.8. The Morgan fingerprint density at radius 3 is 2.86 bits per heavy atom. The summed E-state index contributed by atoms with van der Waals surface area (Å²) in [6.07, 6.45) is 4.00. The maximum atomic E-state index is 5.35. The number of aromatic nitrogens is 3. The lowest BCUT2D eigenvalue weighted by molar-refractivity contribution is 0.394. The van der Waals surface area contributed by atoms with E-state index in [0.717, 1.165) is 30.0 Å². The van der Waals surface area contributed by atoms with Gasteiger partial charge in [-0.25, -0.2) is 0 Å². The third-order valence-electron chi connectivity index (χ3n) is 3.37. The van der Waals surface area contributed by atoms with Crippen molar-refractivity contribution >= 4 is 18.4 Å². The molecule has 0 atom stereocenters. The number of nitrogens with one attached hydrogen (secondary N) is 1. The van der Waals surface area contributed by atoms with Gasteiger partial charge in [0.15, 0.2) is 5.82 Å². The van der Waals surface area contributed by atoms with Crippen molar-refractivity contribution in [3.8, 4) is 11.5 Å². The van der Waals surface area contributed by atoms with Gasteiger partial charge in [0, 0.05) is 17.5 Å². The van der Waals surface area contributed by atoms with Crippen LogP contribution in [0, 0.1) is 4.77 Å². The van der Waals surface area contributed by atoms with Crippen molar-refractivity contribution < 1.29 is 9.47 Å². The number of nitrogens with zero attached hydrogens (tertiary/aromatic N) is 3. The molecule has 1 fully saturated rings. The molecule has 1 saturated carbocycles. The van der Waals surface area contributed by atoms with Crippen LogP contribution in [-0.2, 0) is 0 Å². The van der Waals surface area contributed by atoms with Gasteiger partial charge in [0.25, 0.3) is 0 Å². The molecule has 7 heteroatoms. The molecule has 0 spiro atoms. The molecule has 110 valence electrons. The number of hydrogen-bond acceptors (Lipinski definition) is 5. The minimum Gasteiger partial charge on any atom is -0.497 e. The molecule has 3 rings (SSSR count). The lowest BCUT2D eigenvalue weighted by Gasteiger charge is -2.07. The van der Waals surface area contributed by atoms with E-state index in [2.05, 4.69) is 15.3 Å². The molecule has 1 aliphatic carbocycles. The van der Waals surface area contributed by atoms with Crippen molar-refractivity contribution in [2.75, 3.05) is 14.2 Å². The molecule has 1 aromatic heterocycles. The highest BCUT2D eigenvalue weighted by Crippen LogP contribution is 2.38. The largest absolute Gasteiger partial charge is 0.497 e. The molecule has 1 heterocycles. The van der Waals surface area contributed by atoms with Gasteiger partial charge in [0.05, 0.1) is 20.4 Å². The number of aromatic amines is 1. The lowest BCUT2D eigenvalue weighted by Crippen LogP contribution is -1.98. The highest BCUT2D eigenvalue weighted by Gasteiger charge is 2.29. The predicted octanol–water partition coefficient (Wildman–Crippen LogP) is 2.72. The average Bonchev–Trinajstić information content (AvgIpc) is 3.29. The van der Waals surface area contributed by atoms with Crippen molar-refractivity contribution in [3.05, 3.63) is 34.4 Å². The van der Waals surface area contributed by atoms with Crippen molar-refractivity contribution in [2.24, 2.45) is 5.10 Å². The summed E-state index contributed by atoms with van der Waals surface area (Å²) in [5.41, 5.74) is 0.850.